The highest BCUT2D eigenvalue weighted by molar-refractivity contribution is 6.30. The molecule has 1 aromatic carbocycles. The molecule has 5 rings (SSSR count). The fourth-order valence-corrected chi connectivity index (χ4v) is 7.99. The van der Waals surface area contributed by atoms with Crippen molar-refractivity contribution in [3.8, 4) is 0 Å². The molecule has 1 N–H and O–H groups in total. The van der Waals surface area contributed by atoms with Gasteiger partial charge in [-0.3, -0.25) is 4.79 Å². The van der Waals surface area contributed by atoms with Crippen LogP contribution in [0.15, 0.2) is 36.4 Å². The highest BCUT2D eigenvalue weighted by atomic mass is 35.5. The van der Waals surface area contributed by atoms with Gasteiger partial charge >= 0.3 is 0 Å². The number of Topliss-reactive ketones (excluding diaryl/α,β-unsaturated/α-hetero) is 1. The molecular formula is C26H33ClO2. The topological polar surface area (TPSA) is 37.3 Å². The first-order chi connectivity index (χ1) is 13.8. The first kappa shape index (κ1) is 19.8. The van der Waals surface area contributed by atoms with Crippen LogP contribution in [0.5, 0.6) is 0 Å². The minimum absolute atomic E-state index is 0.134. The third-order valence-electron chi connectivity index (χ3n) is 9.20. The van der Waals surface area contributed by atoms with Gasteiger partial charge < -0.3 is 5.11 Å². The van der Waals surface area contributed by atoms with Crippen molar-refractivity contribution in [2.75, 3.05) is 0 Å². The molecule has 2 nitrogen and oxygen atoms in total. The molecule has 0 spiro atoms. The number of hydrogen-bond acceptors (Lipinski definition) is 2. The summed E-state index contributed by atoms with van der Waals surface area (Å²) < 4.78 is 0. The molecule has 0 radical (unpaired) electrons. The molecule has 0 heterocycles. The molecule has 0 aliphatic heterocycles. The summed E-state index contributed by atoms with van der Waals surface area (Å²) in [6.45, 7) is 4.36. The van der Waals surface area contributed by atoms with E-state index >= 15 is 0 Å². The van der Waals surface area contributed by atoms with Crippen LogP contribution in [0.4, 0.5) is 0 Å². The lowest BCUT2D eigenvalue weighted by atomic mass is 9.50. The smallest absolute Gasteiger partial charge is 0.166 e. The average molecular weight is 413 g/mol. The van der Waals surface area contributed by atoms with Crippen LogP contribution in [0.1, 0.15) is 69.2 Å². The Bertz CT molecular complexity index is 826. The summed E-state index contributed by atoms with van der Waals surface area (Å²) in [7, 11) is 0. The molecule has 3 fully saturated rings. The van der Waals surface area contributed by atoms with Crippen molar-refractivity contribution >= 4 is 17.4 Å². The van der Waals surface area contributed by atoms with E-state index in [0.717, 1.165) is 36.7 Å². The van der Waals surface area contributed by atoms with E-state index in [1.165, 1.54) is 25.7 Å². The van der Waals surface area contributed by atoms with Gasteiger partial charge in [-0.1, -0.05) is 30.7 Å². The maximum atomic E-state index is 13.4. The monoisotopic (exact) mass is 412 g/mol. The lowest BCUT2D eigenvalue weighted by Crippen LogP contribution is -2.49. The van der Waals surface area contributed by atoms with Gasteiger partial charge in [0.05, 0.1) is 5.60 Å². The fourth-order valence-electron chi connectivity index (χ4n) is 7.86. The van der Waals surface area contributed by atoms with Crippen LogP contribution in [0.25, 0.3) is 0 Å². The highest BCUT2D eigenvalue weighted by Crippen LogP contribution is 2.64. The summed E-state index contributed by atoms with van der Waals surface area (Å²) in [6.07, 6.45) is 12.4. The zero-order valence-corrected chi connectivity index (χ0v) is 18.4. The summed E-state index contributed by atoms with van der Waals surface area (Å²) >= 11 is 6.03. The standard InChI is InChI=1S/C26H33ClO2/c1-25(29)13-11-19-17(15-25)5-8-21-20(19)12-14-26(2)22(21)9-10-23(26)24(28)16-3-6-18(27)7-4-16/h3-4,6-7,11,13,17,19-23,29H,5,8-10,12,14-15H2,1-2H3/t17-,19-,20+,21+,22-,23+,25+,26-/m0/s1. The number of aliphatic hydroxyl groups is 1. The molecule has 156 valence electrons. The summed E-state index contributed by atoms with van der Waals surface area (Å²) in [5.41, 5.74) is 0.333. The molecule has 0 saturated heterocycles. The van der Waals surface area contributed by atoms with E-state index in [-0.39, 0.29) is 11.3 Å². The van der Waals surface area contributed by atoms with Gasteiger partial charge in [0.25, 0.3) is 0 Å². The van der Waals surface area contributed by atoms with Crippen molar-refractivity contribution in [2.45, 2.75) is 64.4 Å². The Labute approximate surface area is 179 Å². The average Bonchev–Trinajstić information content (AvgIpc) is 3.04. The summed E-state index contributed by atoms with van der Waals surface area (Å²) in [5.74, 6) is 3.88. The minimum atomic E-state index is -0.624. The molecule has 4 aliphatic carbocycles. The van der Waals surface area contributed by atoms with Crippen LogP contribution in [0.3, 0.4) is 0 Å². The molecule has 1 aromatic rings. The number of halogens is 1. The second-order valence-electron chi connectivity index (χ2n) is 10.8. The zero-order valence-electron chi connectivity index (χ0n) is 17.6. The maximum Gasteiger partial charge on any atom is 0.166 e. The van der Waals surface area contributed by atoms with E-state index in [2.05, 4.69) is 19.1 Å². The van der Waals surface area contributed by atoms with Gasteiger partial charge in [0.2, 0.25) is 0 Å². The summed E-state index contributed by atoms with van der Waals surface area (Å²) in [6, 6.07) is 7.48. The Morgan fingerprint density at radius 3 is 2.55 bits per heavy atom. The Balaban J connectivity index is 1.38. The second-order valence-corrected chi connectivity index (χ2v) is 11.3. The molecule has 0 bridgehead atoms. The van der Waals surface area contributed by atoms with E-state index in [4.69, 9.17) is 11.6 Å². The Kier molecular flexibility index (Phi) is 4.75. The van der Waals surface area contributed by atoms with Crippen LogP contribution in [0.2, 0.25) is 5.02 Å². The zero-order chi connectivity index (χ0) is 20.4. The quantitative estimate of drug-likeness (QED) is 0.456. The van der Waals surface area contributed by atoms with Crippen LogP contribution < -0.4 is 0 Å². The molecule has 0 amide bonds. The number of carbonyl (C=O) groups excluding carboxylic acids is 1. The van der Waals surface area contributed by atoms with Crippen molar-refractivity contribution in [1.82, 2.24) is 0 Å². The fraction of sp³-hybridized carbons (Fsp3) is 0.654. The van der Waals surface area contributed by atoms with E-state index in [1.807, 2.05) is 31.2 Å². The first-order valence-electron chi connectivity index (χ1n) is 11.5. The third kappa shape index (κ3) is 3.22. The third-order valence-corrected chi connectivity index (χ3v) is 9.45. The Morgan fingerprint density at radius 2 is 1.79 bits per heavy atom. The first-order valence-corrected chi connectivity index (χ1v) is 11.9. The summed E-state index contributed by atoms with van der Waals surface area (Å²) in [4.78, 5) is 13.4. The number of benzene rings is 1. The lowest BCUT2D eigenvalue weighted by Gasteiger charge is -2.55. The number of ketones is 1. The van der Waals surface area contributed by atoms with E-state index < -0.39 is 5.60 Å². The van der Waals surface area contributed by atoms with Gasteiger partial charge in [-0.2, -0.15) is 0 Å². The number of carbonyl (C=O) groups is 1. The minimum Gasteiger partial charge on any atom is -0.386 e. The SMILES string of the molecule is C[C@]12CC[C@@H]3[C@H]4C=C[C@@](C)(O)C[C@@H]4CC[C@H]3[C@@H]1CC[C@@H]2C(=O)c1ccc(Cl)cc1. The molecule has 3 saturated carbocycles. The molecule has 8 atom stereocenters. The normalized spacial score (nSPS) is 45.9. The largest absolute Gasteiger partial charge is 0.386 e. The van der Waals surface area contributed by atoms with Crippen LogP contribution in [-0.4, -0.2) is 16.5 Å². The number of rotatable bonds is 2. The van der Waals surface area contributed by atoms with Gasteiger partial charge in [0.15, 0.2) is 5.78 Å². The van der Waals surface area contributed by atoms with Gasteiger partial charge in [0, 0.05) is 16.5 Å². The second kappa shape index (κ2) is 6.95. The van der Waals surface area contributed by atoms with Gasteiger partial charge in [0.1, 0.15) is 0 Å². The van der Waals surface area contributed by atoms with Gasteiger partial charge in [-0.05, 0) is 111 Å². The molecule has 0 unspecified atom stereocenters. The molecule has 29 heavy (non-hydrogen) atoms. The van der Waals surface area contributed by atoms with Crippen molar-refractivity contribution in [2.24, 2.45) is 40.9 Å². The van der Waals surface area contributed by atoms with Gasteiger partial charge in [-0.15, -0.1) is 0 Å². The van der Waals surface area contributed by atoms with Crippen LogP contribution >= 0.6 is 11.6 Å². The van der Waals surface area contributed by atoms with E-state index in [1.54, 1.807) is 0 Å². The predicted octanol–water partition coefficient (Wildman–Crippen LogP) is 6.32. The number of allylic oxidation sites excluding steroid dienone is 1. The van der Waals surface area contributed by atoms with Crippen LogP contribution in [0, 0.1) is 40.9 Å². The van der Waals surface area contributed by atoms with Crippen molar-refractivity contribution in [1.29, 1.82) is 0 Å². The molecule has 3 heteroatoms. The van der Waals surface area contributed by atoms with E-state index in [0.29, 0.717) is 28.6 Å². The Morgan fingerprint density at radius 1 is 1.03 bits per heavy atom. The van der Waals surface area contributed by atoms with Crippen molar-refractivity contribution in [3.63, 3.8) is 0 Å². The van der Waals surface area contributed by atoms with Crippen molar-refractivity contribution < 1.29 is 9.90 Å². The maximum absolute atomic E-state index is 13.4. The molecular weight excluding hydrogens is 380 g/mol. The van der Waals surface area contributed by atoms with Crippen LogP contribution in [-0.2, 0) is 0 Å². The number of fused-ring (bicyclic) bond motifs is 5. The number of hydrogen-bond donors (Lipinski definition) is 1. The Hall–Kier alpha value is -1.12. The summed E-state index contributed by atoms with van der Waals surface area (Å²) in [5, 5.41) is 11.2. The van der Waals surface area contributed by atoms with Crippen molar-refractivity contribution in [3.05, 3.63) is 47.0 Å². The predicted molar refractivity (Wildman–Crippen MR) is 117 cm³/mol. The lowest BCUT2D eigenvalue weighted by molar-refractivity contribution is -0.0534. The highest BCUT2D eigenvalue weighted by Gasteiger charge is 2.58. The molecule has 0 aromatic heterocycles. The van der Waals surface area contributed by atoms with Gasteiger partial charge in [-0.25, -0.2) is 0 Å². The van der Waals surface area contributed by atoms with E-state index in [9.17, 15) is 9.90 Å². The molecule has 4 aliphatic rings.